The third-order valence-corrected chi connectivity index (χ3v) is 5.42. The fourth-order valence-electron chi connectivity index (χ4n) is 3.32. The maximum Gasteiger partial charge on any atom is 0.0522 e. The summed E-state index contributed by atoms with van der Waals surface area (Å²) in [6.07, 6.45) is 9.17. The molecule has 2 aromatic heterocycles. The number of thiophene rings is 1. The van der Waals surface area contributed by atoms with Crippen LogP contribution in [0.1, 0.15) is 41.7 Å². The van der Waals surface area contributed by atoms with Crippen LogP contribution in [-0.2, 0) is 19.4 Å². The first-order valence-electron chi connectivity index (χ1n) is 7.56. The van der Waals surface area contributed by atoms with Crippen molar-refractivity contribution in [1.82, 2.24) is 15.1 Å². The van der Waals surface area contributed by atoms with Crippen molar-refractivity contribution in [2.24, 2.45) is 0 Å². The van der Waals surface area contributed by atoms with Crippen molar-refractivity contribution in [3.05, 3.63) is 39.8 Å². The molecule has 1 aliphatic rings. The summed E-state index contributed by atoms with van der Waals surface area (Å²) in [5, 5.41) is 10.2. The minimum Gasteiger partial charge on any atom is -0.316 e. The first-order valence-corrected chi connectivity index (χ1v) is 8.44. The largest absolute Gasteiger partial charge is 0.316 e. The lowest BCUT2D eigenvalue weighted by Gasteiger charge is -2.30. The monoisotopic (exact) mass is 289 g/mol. The molecule has 0 spiro atoms. The Kier molecular flexibility index (Phi) is 4.22. The number of nitrogens with one attached hydrogen (secondary N) is 1. The normalized spacial score (nSPS) is 19.8. The third kappa shape index (κ3) is 2.67. The minimum absolute atomic E-state index is 0.512. The summed E-state index contributed by atoms with van der Waals surface area (Å²) >= 11 is 1.93. The molecule has 3 rings (SSSR count). The van der Waals surface area contributed by atoms with Gasteiger partial charge in [0.05, 0.1) is 6.20 Å². The summed E-state index contributed by atoms with van der Waals surface area (Å²) in [6.45, 7) is 3.08. The average Bonchev–Trinajstić information content (AvgIpc) is 3.13. The van der Waals surface area contributed by atoms with Gasteiger partial charge >= 0.3 is 0 Å². The fourth-order valence-corrected chi connectivity index (χ4v) is 4.32. The van der Waals surface area contributed by atoms with Crippen LogP contribution in [-0.4, -0.2) is 22.9 Å². The van der Waals surface area contributed by atoms with E-state index in [9.17, 15) is 0 Å². The number of fused-ring (bicyclic) bond motifs is 1. The van der Waals surface area contributed by atoms with E-state index in [1.807, 2.05) is 22.2 Å². The van der Waals surface area contributed by atoms with Gasteiger partial charge in [0.15, 0.2) is 0 Å². The Morgan fingerprint density at radius 2 is 2.45 bits per heavy atom. The highest BCUT2D eigenvalue weighted by atomic mass is 32.1. The van der Waals surface area contributed by atoms with E-state index in [4.69, 9.17) is 0 Å². The summed E-state index contributed by atoms with van der Waals surface area (Å²) in [5.74, 6) is 0.653. The van der Waals surface area contributed by atoms with Crippen molar-refractivity contribution < 1.29 is 0 Å². The molecule has 2 atom stereocenters. The lowest BCUT2D eigenvalue weighted by Crippen LogP contribution is -2.35. The SMILES string of the molecule is CCn1cc(CC(NC)C2CCCc3sccc32)cn1. The second kappa shape index (κ2) is 6.10. The van der Waals surface area contributed by atoms with Gasteiger partial charge in [0, 0.05) is 29.6 Å². The van der Waals surface area contributed by atoms with E-state index < -0.39 is 0 Å². The highest BCUT2D eigenvalue weighted by Crippen LogP contribution is 2.37. The second-order valence-electron chi connectivity index (χ2n) is 5.60. The van der Waals surface area contributed by atoms with Gasteiger partial charge in [-0.3, -0.25) is 4.68 Å². The highest BCUT2D eigenvalue weighted by Gasteiger charge is 2.28. The molecule has 0 saturated heterocycles. The molecule has 0 fully saturated rings. The zero-order valence-corrected chi connectivity index (χ0v) is 13.1. The Labute approximate surface area is 125 Å². The van der Waals surface area contributed by atoms with E-state index >= 15 is 0 Å². The maximum atomic E-state index is 4.39. The fraction of sp³-hybridized carbons (Fsp3) is 0.562. The van der Waals surface area contributed by atoms with Crippen molar-refractivity contribution in [2.45, 2.75) is 51.1 Å². The molecule has 0 amide bonds. The Balaban J connectivity index is 1.77. The van der Waals surface area contributed by atoms with Crippen molar-refractivity contribution in [3.63, 3.8) is 0 Å². The molecular formula is C16H23N3S. The predicted octanol–water partition coefficient (Wildman–Crippen LogP) is 3.22. The molecule has 0 aromatic carbocycles. The minimum atomic E-state index is 0.512. The van der Waals surface area contributed by atoms with Gasteiger partial charge in [-0.05, 0) is 62.2 Å². The first-order chi connectivity index (χ1) is 9.81. The highest BCUT2D eigenvalue weighted by molar-refractivity contribution is 7.10. The lowest BCUT2D eigenvalue weighted by atomic mass is 9.80. The Hall–Kier alpha value is -1.13. The molecule has 20 heavy (non-hydrogen) atoms. The standard InChI is InChI=1S/C16H23N3S/c1-3-19-11-12(10-18-19)9-15(17-2)13-5-4-6-16-14(13)7-8-20-16/h7-8,10-11,13,15,17H,3-6,9H2,1-2H3. The summed E-state index contributed by atoms with van der Waals surface area (Å²) < 4.78 is 2.01. The van der Waals surface area contributed by atoms with Crippen molar-refractivity contribution in [3.8, 4) is 0 Å². The molecule has 1 aliphatic carbocycles. The topological polar surface area (TPSA) is 29.9 Å². The van der Waals surface area contributed by atoms with E-state index in [0.29, 0.717) is 12.0 Å². The summed E-state index contributed by atoms with van der Waals surface area (Å²) in [7, 11) is 2.09. The smallest absolute Gasteiger partial charge is 0.0522 e. The van der Waals surface area contributed by atoms with E-state index in [1.165, 1.54) is 24.8 Å². The number of rotatable bonds is 5. The molecule has 4 heteroatoms. The predicted molar refractivity (Wildman–Crippen MR) is 84.5 cm³/mol. The maximum absolute atomic E-state index is 4.39. The molecule has 1 N–H and O–H groups in total. The molecule has 0 saturated carbocycles. The van der Waals surface area contributed by atoms with Crippen LogP contribution in [0, 0.1) is 0 Å². The zero-order chi connectivity index (χ0) is 13.9. The van der Waals surface area contributed by atoms with Crippen LogP contribution in [0.15, 0.2) is 23.8 Å². The van der Waals surface area contributed by atoms with Crippen LogP contribution < -0.4 is 5.32 Å². The van der Waals surface area contributed by atoms with Crippen LogP contribution in [0.2, 0.25) is 0 Å². The molecule has 0 aliphatic heterocycles. The van der Waals surface area contributed by atoms with Crippen LogP contribution in [0.3, 0.4) is 0 Å². The molecule has 0 radical (unpaired) electrons. The molecule has 108 valence electrons. The van der Waals surface area contributed by atoms with Gasteiger partial charge in [-0.15, -0.1) is 11.3 Å². The van der Waals surface area contributed by atoms with Gasteiger partial charge in [-0.1, -0.05) is 0 Å². The number of hydrogen-bond donors (Lipinski definition) is 1. The van der Waals surface area contributed by atoms with Gasteiger partial charge in [0.1, 0.15) is 0 Å². The summed E-state index contributed by atoms with van der Waals surface area (Å²) in [4.78, 5) is 1.60. The molecular weight excluding hydrogens is 266 g/mol. The number of nitrogens with zero attached hydrogens (tertiary/aromatic N) is 2. The van der Waals surface area contributed by atoms with Gasteiger partial charge in [0.2, 0.25) is 0 Å². The van der Waals surface area contributed by atoms with Crippen molar-refractivity contribution >= 4 is 11.3 Å². The quantitative estimate of drug-likeness (QED) is 0.916. The molecule has 3 nitrogen and oxygen atoms in total. The van der Waals surface area contributed by atoms with Crippen LogP contribution >= 0.6 is 11.3 Å². The van der Waals surface area contributed by atoms with E-state index in [-0.39, 0.29) is 0 Å². The van der Waals surface area contributed by atoms with Crippen LogP contribution in [0.25, 0.3) is 0 Å². The first kappa shape index (κ1) is 13.8. The van der Waals surface area contributed by atoms with E-state index in [0.717, 1.165) is 13.0 Å². The number of likely N-dealkylation sites (N-methyl/N-ethyl adjacent to an activating group) is 1. The van der Waals surface area contributed by atoms with Crippen LogP contribution in [0.4, 0.5) is 0 Å². The Morgan fingerprint density at radius 1 is 1.55 bits per heavy atom. The van der Waals surface area contributed by atoms with E-state index in [1.54, 1.807) is 10.4 Å². The number of aryl methyl sites for hydroxylation is 2. The van der Waals surface area contributed by atoms with Gasteiger partial charge in [-0.25, -0.2) is 0 Å². The molecule has 2 unspecified atom stereocenters. The van der Waals surface area contributed by atoms with Crippen molar-refractivity contribution in [2.75, 3.05) is 7.05 Å². The summed E-state index contributed by atoms with van der Waals surface area (Å²) in [6, 6.07) is 2.85. The summed E-state index contributed by atoms with van der Waals surface area (Å²) in [5.41, 5.74) is 2.93. The Morgan fingerprint density at radius 3 is 3.20 bits per heavy atom. The zero-order valence-electron chi connectivity index (χ0n) is 12.3. The molecule has 2 aromatic rings. The number of hydrogen-bond acceptors (Lipinski definition) is 3. The van der Waals surface area contributed by atoms with Crippen LogP contribution in [0.5, 0.6) is 0 Å². The lowest BCUT2D eigenvalue weighted by molar-refractivity contribution is 0.413. The number of aromatic nitrogens is 2. The van der Waals surface area contributed by atoms with Gasteiger partial charge < -0.3 is 5.32 Å². The van der Waals surface area contributed by atoms with Crippen molar-refractivity contribution in [1.29, 1.82) is 0 Å². The van der Waals surface area contributed by atoms with Gasteiger partial charge in [-0.2, -0.15) is 5.10 Å². The molecule has 0 bridgehead atoms. The average molecular weight is 289 g/mol. The van der Waals surface area contributed by atoms with E-state index in [2.05, 4.69) is 42.0 Å². The molecule has 2 heterocycles. The Bertz CT molecular complexity index is 558. The third-order valence-electron chi connectivity index (χ3n) is 4.42. The van der Waals surface area contributed by atoms with Gasteiger partial charge in [0.25, 0.3) is 0 Å². The second-order valence-corrected chi connectivity index (χ2v) is 6.60.